The lowest BCUT2D eigenvalue weighted by Crippen LogP contribution is -2.14. The zero-order chi connectivity index (χ0) is 20.3. The Bertz CT molecular complexity index is 1360. The van der Waals surface area contributed by atoms with Gasteiger partial charge in [-0.1, -0.05) is 108 Å². The number of thiazole rings is 1. The highest BCUT2D eigenvalue weighted by molar-refractivity contribution is 8.93. The van der Waals surface area contributed by atoms with E-state index in [9.17, 15) is 0 Å². The minimum absolute atomic E-state index is 0. The number of halogens is 1. The zero-order valence-electron chi connectivity index (χ0n) is 17.2. The van der Waals surface area contributed by atoms with Gasteiger partial charge in [-0.3, -0.25) is 0 Å². The number of hydrogen-bond donors (Lipinski definition) is 0. The Labute approximate surface area is 196 Å². The predicted octanol–water partition coefficient (Wildman–Crippen LogP) is 7.87. The minimum atomic E-state index is 0. The van der Waals surface area contributed by atoms with Gasteiger partial charge in [0.2, 0.25) is 0 Å². The van der Waals surface area contributed by atoms with E-state index in [0.717, 1.165) is 17.0 Å². The smallest absolute Gasteiger partial charge is 0.191 e. The van der Waals surface area contributed by atoms with Gasteiger partial charge in [0.1, 0.15) is 0 Å². The first-order chi connectivity index (χ1) is 14.8. The van der Waals surface area contributed by atoms with Gasteiger partial charge < -0.3 is 4.57 Å². The molecule has 0 radical (unpaired) electrons. The summed E-state index contributed by atoms with van der Waals surface area (Å²) in [5.74, 6) is 0. The summed E-state index contributed by atoms with van der Waals surface area (Å²) < 4.78 is 2.34. The second-order valence-electron chi connectivity index (χ2n) is 7.15. The van der Waals surface area contributed by atoms with Crippen molar-refractivity contribution in [3.05, 3.63) is 108 Å². The Balaban J connectivity index is 0.00000231. The fourth-order valence-electron chi connectivity index (χ4n) is 3.87. The largest absolute Gasteiger partial charge is 0.316 e. The van der Waals surface area contributed by atoms with E-state index < -0.39 is 0 Å². The molecule has 4 aromatic carbocycles. The van der Waals surface area contributed by atoms with Crippen LogP contribution < -0.4 is 4.80 Å². The van der Waals surface area contributed by atoms with Crippen molar-refractivity contribution < 1.29 is 0 Å². The number of nitrogens with zero attached hydrogens (tertiary/aromatic N) is 2. The van der Waals surface area contributed by atoms with Crippen molar-refractivity contribution in [1.82, 2.24) is 4.57 Å². The van der Waals surface area contributed by atoms with Gasteiger partial charge >= 0.3 is 0 Å². The molecule has 0 amide bonds. The van der Waals surface area contributed by atoms with Crippen molar-refractivity contribution >= 4 is 44.8 Å². The van der Waals surface area contributed by atoms with Gasteiger partial charge in [-0.25, -0.2) is 4.99 Å². The third kappa shape index (κ3) is 4.14. The quantitative estimate of drug-likeness (QED) is 0.246. The molecule has 0 fully saturated rings. The molecule has 1 aromatic heterocycles. The Kier molecular flexibility index (Phi) is 6.50. The first-order valence-electron chi connectivity index (χ1n) is 10.2. The van der Waals surface area contributed by atoms with Crippen LogP contribution in [0.3, 0.4) is 0 Å². The summed E-state index contributed by atoms with van der Waals surface area (Å²) in [6, 6.07) is 36.0. The molecule has 0 bridgehead atoms. The van der Waals surface area contributed by atoms with Crippen molar-refractivity contribution in [3.63, 3.8) is 0 Å². The Morgan fingerprint density at radius 2 is 1.32 bits per heavy atom. The first kappa shape index (κ1) is 21.3. The van der Waals surface area contributed by atoms with E-state index in [1.165, 1.54) is 32.5 Å². The van der Waals surface area contributed by atoms with E-state index in [0.29, 0.717) is 0 Å². The molecular weight excluding hydrogens is 464 g/mol. The maximum atomic E-state index is 5.15. The number of rotatable bonds is 4. The van der Waals surface area contributed by atoms with Gasteiger partial charge in [0.25, 0.3) is 0 Å². The zero-order valence-corrected chi connectivity index (χ0v) is 19.8. The fourth-order valence-corrected chi connectivity index (χ4v) is 5.10. The summed E-state index contributed by atoms with van der Waals surface area (Å²) >= 11 is 1.76. The predicted molar refractivity (Wildman–Crippen MR) is 138 cm³/mol. The van der Waals surface area contributed by atoms with Crippen LogP contribution in [0.2, 0.25) is 0 Å². The molecule has 1 heterocycles. The highest BCUT2D eigenvalue weighted by atomic mass is 79.9. The molecule has 0 N–H and O–H groups in total. The molecule has 0 aliphatic carbocycles. The minimum Gasteiger partial charge on any atom is -0.316 e. The summed E-state index contributed by atoms with van der Waals surface area (Å²) in [6.07, 6.45) is 0. The second-order valence-corrected chi connectivity index (χ2v) is 8.13. The lowest BCUT2D eigenvalue weighted by molar-refractivity contribution is 0.745. The third-order valence-corrected chi connectivity index (χ3v) is 6.42. The van der Waals surface area contributed by atoms with Crippen molar-refractivity contribution in [3.8, 4) is 21.7 Å². The van der Waals surface area contributed by atoms with Crippen molar-refractivity contribution in [1.29, 1.82) is 0 Å². The highest BCUT2D eigenvalue weighted by Gasteiger charge is 2.16. The lowest BCUT2D eigenvalue weighted by Gasteiger charge is -2.09. The van der Waals surface area contributed by atoms with Crippen LogP contribution in [0.25, 0.3) is 32.5 Å². The lowest BCUT2D eigenvalue weighted by atomic mass is 10.1. The molecule has 4 heteroatoms. The second kappa shape index (κ2) is 9.46. The van der Waals surface area contributed by atoms with Gasteiger partial charge in [-0.05, 0) is 29.5 Å². The maximum absolute atomic E-state index is 5.15. The molecule has 0 unspecified atom stereocenters. The standard InChI is InChI=1S/C27H22N2S.BrH/c1-2-29-25(21-13-5-3-6-14-21)26(22-15-7-4-8-16-22)30-27(29)28-24-19-11-17-20-12-9-10-18-23(20)24;/h3-19H,2H2,1H3;1H. The summed E-state index contributed by atoms with van der Waals surface area (Å²) in [5.41, 5.74) is 4.68. The van der Waals surface area contributed by atoms with Gasteiger partial charge in [0.05, 0.1) is 16.3 Å². The van der Waals surface area contributed by atoms with Gasteiger partial charge in [0, 0.05) is 11.9 Å². The fraction of sp³-hybridized carbons (Fsp3) is 0.0741. The Morgan fingerprint density at radius 3 is 2.03 bits per heavy atom. The van der Waals surface area contributed by atoms with E-state index in [4.69, 9.17) is 4.99 Å². The van der Waals surface area contributed by atoms with Gasteiger partial charge in [-0.2, -0.15) is 0 Å². The summed E-state index contributed by atoms with van der Waals surface area (Å²) in [5, 5.41) is 2.39. The Hall–Kier alpha value is -2.95. The number of fused-ring (bicyclic) bond motifs is 1. The van der Waals surface area contributed by atoms with Gasteiger partial charge in [-0.15, -0.1) is 17.0 Å². The average Bonchev–Trinajstić information content (AvgIpc) is 3.18. The molecule has 31 heavy (non-hydrogen) atoms. The molecule has 5 aromatic rings. The molecule has 0 aliphatic heterocycles. The molecule has 5 rings (SSSR count). The molecule has 2 nitrogen and oxygen atoms in total. The average molecular weight is 487 g/mol. The SMILES string of the molecule is Br.CCn1c(-c2ccccc2)c(-c2ccccc2)sc1=Nc1cccc2ccccc12. The molecule has 0 atom stereocenters. The van der Waals surface area contributed by atoms with E-state index in [1.807, 2.05) is 0 Å². The summed E-state index contributed by atoms with van der Waals surface area (Å²) in [6.45, 7) is 3.05. The van der Waals surface area contributed by atoms with Crippen LogP contribution in [0, 0.1) is 0 Å². The van der Waals surface area contributed by atoms with Crippen LogP contribution in [0.4, 0.5) is 5.69 Å². The normalized spacial score (nSPS) is 11.5. The number of benzene rings is 4. The number of hydrogen-bond acceptors (Lipinski definition) is 2. The number of aromatic nitrogens is 1. The van der Waals surface area contributed by atoms with E-state index in [1.54, 1.807) is 11.3 Å². The molecular formula is C27H23BrN2S. The molecule has 0 aliphatic rings. The van der Waals surface area contributed by atoms with Crippen LogP contribution in [0.5, 0.6) is 0 Å². The topological polar surface area (TPSA) is 17.3 Å². The van der Waals surface area contributed by atoms with Crippen LogP contribution in [0.1, 0.15) is 6.92 Å². The summed E-state index contributed by atoms with van der Waals surface area (Å²) in [4.78, 5) is 7.43. The van der Waals surface area contributed by atoms with Crippen LogP contribution >= 0.6 is 28.3 Å². The van der Waals surface area contributed by atoms with Crippen molar-refractivity contribution in [2.75, 3.05) is 0 Å². The Morgan fingerprint density at radius 1 is 0.710 bits per heavy atom. The molecule has 0 spiro atoms. The van der Waals surface area contributed by atoms with E-state index >= 15 is 0 Å². The maximum Gasteiger partial charge on any atom is 0.191 e. The summed E-state index contributed by atoms with van der Waals surface area (Å²) in [7, 11) is 0. The van der Waals surface area contributed by atoms with Gasteiger partial charge in [0.15, 0.2) is 4.80 Å². The van der Waals surface area contributed by atoms with E-state index in [-0.39, 0.29) is 17.0 Å². The van der Waals surface area contributed by atoms with Crippen LogP contribution in [-0.4, -0.2) is 4.57 Å². The van der Waals surface area contributed by atoms with E-state index in [2.05, 4.69) is 115 Å². The molecule has 0 saturated heterocycles. The first-order valence-corrected chi connectivity index (χ1v) is 11.0. The molecule has 154 valence electrons. The highest BCUT2D eigenvalue weighted by Crippen LogP contribution is 2.35. The third-order valence-electron chi connectivity index (χ3n) is 5.29. The van der Waals surface area contributed by atoms with Crippen LogP contribution in [0.15, 0.2) is 108 Å². The van der Waals surface area contributed by atoms with Crippen LogP contribution in [-0.2, 0) is 6.54 Å². The van der Waals surface area contributed by atoms with Crippen molar-refractivity contribution in [2.45, 2.75) is 13.5 Å². The molecule has 0 saturated carbocycles. The monoisotopic (exact) mass is 486 g/mol. The van der Waals surface area contributed by atoms with Crippen molar-refractivity contribution in [2.24, 2.45) is 4.99 Å².